The SMILES string of the molecule is NCc1ccc(N2C(=O)CC3CSCCN3C2=O)cc1. The molecule has 2 heterocycles. The van der Waals surface area contributed by atoms with Crippen LogP contribution in [0.4, 0.5) is 10.5 Å². The van der Waals surface area contributed by atoms with Gasteiger partial charge < -0.3 is 10.6 Å². The first-order valence-corrected chi connectivity index (χ1v) is 7.86. The van der Waals surface area contributed by atoms with Crippen LogP contribution in [0.2, 0.25) is 0 Å². The van der Waals surface area contributed by atoms with Crippen LogP contribution in [0.15, 0.2) is 24.3 Å². The number of carbonyl (C=O) groups excluding carboxylic acids is 2. The van der Waals surface area contributed by atoms with Gasteiger partial charge in [-0.3, -0.25) is 4.79 Å². The van der Waals surface area contributed by atoms with E-state index in [0.29, 0.717) is 18.7 Å². The number of carbonyl (C=O) groups is 2. The normalized spacial score (nSPS) is 22.9. The minimum atomic E-state index is -0.188. The second-order valence-corrected chi connectivity index (χ2v) is 6.16. The summed E-state index contributed by atoms with van der Waals surface area (Å²) in [5, 5.41) is 0. The Kier molecular flexibility index (Phi) is 3.67. The maximum absolute atomic E-state index is 12.5. The number of thioether (sulfide) groups is 1. The van der Waals surface area contributed by atoms with Crippen molar-refractivity contribution in [3.8, 4) is 0 Å². The van der Waals surface area contributed by atoms with Crippen molar-refractivity contribution in [3.63, 3.8) is 0 Å². The molecule has 0 aromatic heterocycles. The van der Waals surface area contributed by atoms with Gasteiger partial charge in [0.05, 0.1) is 11.7 Å². The first-order valence-electron chi connectivity index (χ1n) is 6.71. The number of amides is 3. The third-order valence-electron chi connectivity index (χ3n) is 3.75. The van der Waals surface area contributed by atoms with Gasteiger partial charge in [0.1, 0.15) is 0 Å². The molecule has 2 aliphatic heterocycles. The summed E-state index contributed by atoms with van der Waals surface area (Å²) in [6.07, 6.45) is 0.414. The van der Waals surface area contributed by atoms with Crippen LogP contribution in [0.1, 0.15) is 12.0 Å². The summed E-state index contributed by atoms with van der Waals surface area (Å²) >= 11 is 1.81. The topological polar surface area (TPSA) is 66.6 Å². The molecule has 0 bridgehead atoms. The summed E-state index contributed by atoms with van der Waals surface area (Å²) in [5.41, 5.74) is 7.18. The molecule has 0 spiro atoms. The lowest BCUT2D eigenvalue weighted by Crippen LogP contribution is -2.59. The third-order valence-corrected chi connectivity index (χ3v) is 4.85. The van der Waals surface area contributed by atoms with E-state index in [1.165, 1.54) is 4.90 Å². The van der Waals surface area contributed by atoms with Gasteiger partial charge >= 0.3 is 6.03 Å². The molecule has 0 aliphatic carbocycles. The van der Waals surface area contributed by atoms with E-state index in [1.54, 1.807) is 12.1 Å². The van der Waals surface area contributed by atoms with Crippen molar-refractivity contribution < 1.29 is 9.59 Å². The van der Waals surface area contributed by atoms with Gasteiger partial charge in [0, 0.05) is 31.0 Å². The molecule has 3 rings (SSSR count). The maximum atomic E-state index is 12.5. The number of hydrogen-bond acceptors (Lipinski definition) is 4. The zero-order chi connectivity index (χ0) is 14.1. The maximum Gasteiger partial charge on any atom is 0.331 e. The Hall–Kier alpha value is -1.53. The Bertz CT molecular complexity index is 532. The van der Waals surface area contributed by atoms with Crippen LogP contribution >= 0.6 is 11.8 Å². The molecule has 1 aromatic rings. The summed E-state index contributed by atoms with van der Waals surface area (Å²) in [4.78, 5) is 27.9. The minimum absolute atomic E-state index is 0.0633. The number of nitrogens with zero attached hydrogens (tertiary/aromatic N) is 2. The molecule has 0 radical (unpaired) electrons. The summed E-state index contributed by atoms with van der Waals surface area (Å²) < 4.78 is 0. The van der Waals surface area contributed by atoms with E-state index in [9.17, 15) is 9.59 Å². The minimum Gasteiger partial charge on any atom is -0.326 e. The van der Waals surface area contributed by atoms with Crippen molar-refractivity contribution in [3.05, 3.63) is 29.8 Å². The molecule has 3 amide bonds. The first kappa shape index (κ1) is 13.5. The van der Waals surface area contributed by atoms with Crippen LogP contribution in [0, 0.1) is 0 Å². The predicted octanol–water partition coefficient (Wildman–Crippen LogP) is 1.42. The van der Waals surface area contributed by atoms with Crippen LogP contribution in [-0.2, 0) is 11.3 Å². The van der Waals surface area contributed by atoms with Crippen molar-refractivity contribution in [2.24, 2.45) is 5.73 Å². The van der Waals surface area contributed by atoms with Gasteiger partial charge in [-0.2, -0.15) is 11.8 Å². The van der Waals surface area contributed by atoms with Crippen LogP contribution in [0.3, 0.4) is 0 Å². The molecule has 1 aromatic carbocycles. The van der Waals surface area contributed by atoms with Crippen LogP contribution < -0.4 is 10.6 Å². The number of fused-ring (bicyclic) bond motifs is 1. The summed E-state index contributed by atoms with van der Waals surface area (Å²) in [6.45, 7) is 1.17. The van der Waals surface area contributed by atoms with E-state index < -0.39 is 0 Å². The summed E-state index contributed by atoms with van der Waals surface area (Å²) in [5.74, 6) is 1.69. The largest absolute Gasteiger partial charge is 0.331 e. The van der Waals surface area contributed by atoms with E-state index in [4.69, 9.17) is 5.73 Å². The lowest BCUT2D eigenvalue weighted by atomic mass is 10.1. The zero-order valence-corrected chi connectivity index (χ0v) is 11.9. The molecular weight excluding hydrogens is 274 g/mol. The molecule has 2 N–H and O–H groups in total. The van der Waals surface area contributed by atoms with Gasteiger partial charge in [0.15, 0.2) is 0 Å². The standard InChI is InChI=1S/C14H17N3O2S/c15-8-10-1-3-11(4-2-10)17-13(18)7-12-9-20-6-5-16(12)14(17)19/h1-4,12H,5-9,15H2. The first-order chi connectivity index (χ1) is 9.70. The fourth-order valence-corrected chi connectivity index (χ4v) is 3.70. The third kappa shape index (κ3) is 2.29. The van der Waals surface area contributed by atoms with Crippen LogP contribution in [-0.4, -0.2) is 40.9 Å². The number of rotatable bonds is 2. The zero-order valence-electron chi connectivity index (χ0n) is 11.1. The molecule has 2 saturated heterocycles. The van der Waals surface area contributed by atoms with Crippen LogP contribution in [0.25, 0.3) is 0 Å². The van der Waals surface area contributed by atoms with Crippen molar-refractivity contribution in [2.45, 2.75) is 19.0 Å². The second-order valence-electron chi connectivity index (χ2n) is 5.01. The van der Waals surface area contributed by atoms with Crippen molar-refractivity contribution in [2.75, 3.05) is 23.0 Å². The van der Waals surface area contributed by atoms with Gasteiger partial charge in [0.25, 0.3) is 0 Å². The highest BCUT2D eigenvalue weighted by molar-refractivity contribution is 7.99. The van der Waals surface area contributed by atoms with Crippen molar-refractivity contribution in [1.29, 1.82) is 0 Å². The highest BCUT2D eigenvalue weighted by Gasteiger charge is 2.40. The highest BCUT2D eigenvalue weighted by Crippen LogP contribution is 2.28. The Balaban J connectivity index is 1.87. The molecule has 106 valence electrons. The highest BCUT2D eigenvalue weighted by atomic mass is 32.2. The number of urea groups is 1. The van der Waals surface area contributed by atoms with Crippen molar-refractivity contribution >= 4 is 29.4 Å². The lowest BCUT2D eigenvalue weighted by Gasteiger charge is -2.42. The second kappa shape index (κ2) is 5.46. The molecule has 2 aliphatic rings. The summed E-state index contributed by atoms with van der Waals surface area (Å²) in [7, 11) is 0. The fourth-order valence-electron chi connectivity index (χ4n) is 2.64. The van der Waals surface area contributed by atoms with Gasteiger partial charge in [-0.1, -0.05) is 12.1 Å². The molecule has 6 heteroatoms. The van der Waals surface area contributed by atoms with E-state index in [-0.39, 0.29) is 18.0 Å². The molecule has 1 atom stereocenters. The van der Waals surface area contributed by atoms with E-state index in [0.717, 1.165) is 23.6 Å². The smallest absolute Gasteiger partial charge is 0.326 e. The van der Waals surface area contributed by atoms with Gasteiger partial charge in [-0.05, 0) is 17.7 Å². The lowest BCUT2D eigenvalue weighted by molar-refractivity contribution is -0.120. The van der Waals surface area contributed by atoms with E-state index >= 15 is 0 Å². The molecule has 0 saturated carbocycles. The van der Waals surface area contributed by atoms with Gasteiger partial charge in [0.2, 0.25) is 5.91 Å². The fraction of sp³-hybridized carbons (Fsp3) is 0.429. The van der Waals surface area contributed by atoms with E-state index in [2.05, 4.69) is 0 Å². The molecular formula is C14H17N3O2S. The molecule has 20 heavy (non-hydrogen) atoms. The number of imide groups is 1. The Morgan fingerprint density at radius 3 is 2.70 bits per heavy atom. The molecule has 2 fully saturated rings. The van der Waals surface area contributed by atoms with Crippen LogP contribution in [0.5, 0.6) is 0 Å². The number of benzene rings is 1. The average Bonchev–Trinajstić information content (AvgIpc) is 2.48. The predicted molar refractivity (Wildman–Crippen MR) is 79.7 cm³/mol. The quantitative estimate of drug-likeness (QED) is 0.895. The number of hydrogen-bond donors (Lipinski definition) is 1. The number of anilines is 1. The van der Waals surface area contributed by atoms with Crippen molar-refractivity contribution in [1.82, 2.24) is 4.90 Å². The Morgan fingerprint density at radius 1 is 1.25 bits per heavy atom. The monoisotopic (exact) mass is 291 g/mol. The molecule has 1 unspecified atom stereocenters. The summed E-state index contributed by atoms with van der Waals surface area (Å²) in [6, 6.07) is 7.16. The number of nitrogens with two attached hydrogens (primary N) is 1. The van der Waals surface area contributed by atoms with Gasteiger partial charge in [-0.15, -0.1) is 0 Å². The van der Waals surface area contributed by atoms with E-state index in [1.807, 2.05) is 28.8 Å². The Labute approximate surface area is 122 Å². The average molecular weight is 291 g/mol. The Morgan fingerprint density at radius 2 is 2.00 bits per heavy atom. The molecule has 5 nitrogen and oxygen atoms in total. The van der Waals surface area contributed by atoms with Gasteiger partial charge in [-0.25, -0.2) is 9.69 Å².